The van der Waals surface area contributed by atoms with Gasteiger partial charge in [0.25, 0.3) is 10.2 Å². The fraction of sp³-hybridized carbons (Fsp3) is 0.875. The third kappa shape index (κ3) is 6.43. The van der Waals surface area contributed by atoms with E-state index in [-0.39, 0.29) is 19.0 Å². The highest BCUT2D eigenvalue weighted by Crippen LogP contribution is 2.19. The number of nitrogens with one attached hydrogen (secondary N) is 2. The van der Waals surface area contributed by atoms with E-state index in [2.05, 4.69) is 9.44 Å². The number of hydrogen-bond donors (Lipinski definition) is 3. The molecule has 0 amide bonds. The molecule has 3 N–H and O–H groups in total. The minimum absolute atomic E-state index is 0.0811. The zero-order valence-electron chi connectivity index (χ0n) is 8.40. The molecule has 0 bridgehead atoms. The average molecular weight is 236 g/mol. The van der Waals surface area contributed by atoms with E-state index in [0.717, 1.165) is 12.8 Å². The second kappa shape index (κ2) is 5.43. The van der Waals surface area contributed by atoms with Crippen LogP contribution in [0, 0.1) is 0 Å². The third-order valence-corrected chi connectivity index (χ3v) is 3.24. The molecule has 0 atom stereocenters. The van der Waals surface area contributed by atoms with Crippen molar-refractivity contribution in [2.24, 2.45) is 0 Å². The highest BCUT2D eigenvalue weighted by atomic mass is 32.2. The van der Waals surface area contributed by atoms with E-state index < -0.39 is 16.2 Å². The van der Waals surface area contributed by atoms with Crippen LogP contribution in [0.3, 0.4) is 0 Å². The molecule has 0 spiro atoms. The molecule has 6 nitrogen and oxygen atoms in total. The molecule has 1 fully saturated rings. The first kappa shape index (κ1) is 12.4. The second-order valence-electron chi connectivity index (χ2n) is 3.64. The summed E-state index contributed by atoms with van der Waals surface area (Å²) in [5.41, 5.74) is 0. The maximum atomic E-state index is 11.2. The van der Waals surface area contributed by atoms with Crippen LogP contribution in [0.4, 0.5) is 0 Å². The highest BCUT2D eigenvalue weighted by molar-refractivity contribution is 7.87. The zero-order valence-corrected chi connectivity index (χ0v) is 9.22. The standard InChI is InChI=1S/C8H16N2O4S/c11-8(12)3-1-2-6-9-15(13,14)10-7-4-5-7/h7,9-10H,1-6H2,(H,11,12). The molecule has 0 aromatic heterocycles. The van der Waals surface area contributed by atoms with Crippen LogP contribution >= 0.6 is 0 Å². The van der Waals surface area contributed by atoms with Gasteiger partial charge in [-0.1, -0.05) is 0 Å². The Balaban J connectivity index is 2.05. The normalized spacial score (nSPS) is 16.5. The summed E-state index contributed by atoms with van der Waals surface area (Å²) in [6.45, 7) is 0.287. The lowest BCUT2D eigenvalue weighted by atomic mass is 10.2. The Hall–Kier alpha value is -0.660. The van der Waals surface area contributed by atoms with Crippen LogP contribution in [0.2, 0.25) is 0 Å². The van der Waals surface area contributed by atoms with Crippen molar-refractivity contribution in [2.75, 3.05) is 6.54 Å². The van der Waals surface area contributed by atoms with Crippen LogP contribution in [-0.4, -0.2) is 32.1 Å². The van der Waals surface area contributed by atoms with Crippen LogP contribution < -0.4 is 9.44 Å². The van der Waals surface area contributed by atoms with E-state index in [9.17, 15) is 13.2 Å². The first-order valence-corrected chi connectivity index (χ1v) is 6.46. The summed E-state index contributed by atoms with van der Waals surface area (Å²) >= 11 is 0. The molecule has 1 rings (SSSR count). The van der Waals surface area contributed by atoms with E-state index >= 15 is 0 Å². The van der Waals surface area contributed by atoms with Gasteiger partial charge in [0.15, 0.2) is 0 Å². The zero-order chi connectivity index (χ0) is 11.3. The summed E-state index contributed by atoms with van der Waals surface area (Å²) < 4.78 is 27.3. The van der Waals surface area contributed by atoms with Crippen LogP contribution in [0.5, 0.6) is 0 Å². The molecule has 7 heteroatoms. The van der Waals surface area contributed by atoms with Crippen LogP contribution in [0.1, 0.15) is 32.1 Å². The summed E-state index contributed by atoms with van der Waals surface area (Å²) in [7, 11) is -3.37. The van der Waals surface area contributed by atoms with Gasteiger partial charge in [-0.15, -0.1) is 0 Å². The Morgan fingerprint density at radius 3 is 2.53 bits per heavy atom. The van der Waals surface area contributed by atoms with Gasteiger partial charge in [-0.2, -0.15) is 13.1 Å². The SMILES string of the molecule is O=C(O)CCCCNS(=O)(=O)NC1CC1. The second-order valence-corrected chi connectivity index (χ2v) is 5.17. The van der Waals surface area contributed by atoms with Crippen molar-refractivity contribution in [3.05, 3.63) is 0 Å². The smallest absolute Gasteiger partial charge is 0.303 e. The Bertz CT molecular complexity index is 311. The van der Waals surface area contributed by atoms with Crippen molar-refractivity contribution in [3.8, 4) is 0 Å². The predicted molar refractivity (Wildman–Crippen MR) is 54.6 cm³/mol. The summed E-state index contributed by atoms with van der Waals surface area (Å²) in [4.78, 5) is 10.2. The number of hydrogen-bond acceptors (Lipinski definition) is 3. The molecule has 0 aromatic carbocycles. The van der Waals surface area contributed by atoms with E-state index in [1.165, 1.54) is 0 Å². The predicted octanol–water partition coefficient (Wildman–Crippen LogP) is -0.172. The lowest BCUT2D eigenvalue weighted by Crippen LogP contribution is -2.38. The summed E-state index contributed by atoms with van der Waals surface area (Å²) in [5.74, 6) is -0.853. The monoisotopic (exact) mass is 236 g/mol. The average Bonchev–Trinajstić information content (AvgIpc) is 2.86. The molecule has 0 heterocycles. The van der Waals surface area contributed by atoms with Crippen molar-refractivity contribution < 1.29 is 18.3 Å². The van der Waals surface area contributed by atoms with Crippen molar-refractivity contribution in [3.63, 3.8) is 0 Å². The third-order valence-electron chi connectivity index (χ3n) is 2.01. The molecule has 0 aromatic rings. The van der Waals surface area contributed by atoms with Crippen LogP contribution in [0.25, 0.3) is 0 Å². The molecule has 1 saturated carbocycles. The topological polar surface area (TPSA) is 95.5 Å². The summed E-state index contributed by atoms with van der Waals surface area (Å²) in [6, 6.07) is 0.0986. The number of carbonyl (C=O) groups is 1. The molecule has 0 radical (unpaired) electrons. The van der Waals surface area contributed by atoms with Crippen LogP contribution in [0.15, 0.2) is 0 Å². The summed E-state index contributed by atoms with van der Waals surface area (Å²) in [5, 5.41) is 8.35. The lowest BCUT2D eigenvalue weighted by molar-refractivity contribution is -0.137. The van der Waals surface area contributed by atoms with Gasteiger partial charge in [0.2, 0.25) is 0 Å². The van der Waals surface area contributed by atoms with E-state index in [1.807, 2.05) is 0 Å². The minimum atomic E-state index is -3.37. The van der Waals surface area contributed by atoms with Crippen molar-refractivity contribution in [1.29, 1.82) is 0 Å². The van der Waals surface area contributed by atoms with Gasteiger partial charge < -0.3 is 5.11 Å². The maximum absolute atomic E-state index is 11.2. The van der Waals surface area contributed by atoms with E-state index in [4.69, 9.17) is 5.11 Å². The Kier molecular flexibility index (Phi) is 4.49. The van der Waals surface area contributed by atoms with E-state index in [1.54, 1.807) is 0 Å². The van der Waals surface area contributed by atoms with Gasteiger partial charge >= 0.3 is 5.97 Å². The van der Waals surface area contributed by atoms with Gasteiger partial charge in [0.05, 0.1) is 0 Å². The molecular formula is C8H16N2O4S. The van der Waals surface area contributed by atoms with Gasteiger partial charge in [0, 0.05) is 19.0 Å². The number of unbranched alkanes of at least 4 members (excludes halogenated alkanes) is 1. The van der Waals surface area contributed by atoms with Crippen molar-refractivity contribution in [1.82, 2.24) is 9.44 Å². The Morgan fingerprint density at radius 2 is 2.00 bits per heavy atom. The van der Waals surface area contributed by atoms with Crippen LogP contribution in [-0.2, 0) is 15.0 Å². The summed E-state index contributed by atoms with van der Waals surface area (Å²) in [6.07, 6.45) is 2.91. The fourth-order valence-electron chi connectivity index (χ4n) is 1.07. The minimum Gasteiger partial charge on any atom is -0.481 e. The largest absolute Gasteiger partial charge is 0.481 e. The van der Waals surface area contributed by atoms with Crippen molar-refractivity contribution in [2.45, 2.75) is 38.1 Å². The highest BCUT2D eigenvalue weighted by Gasteiger charge is 2.26. The van der Waals surface area contributed by atoms with E-state index in [0.29, 0.717) is 12.8 Å². The Labute approximate surface area is 89.2 Å². The molecule has 0 aliphatic heterocycles. The number of rotatable bonds is 8. The fourth-order valence-corrected chi connectivity index (χ4v) is 2.24. The number of carboxylic acid groups (broad SMARTS) is 1. The number of carboxylic acids is 1. The van der Waals surface area contributed by atoms with Crippen molar-refractivity contribution >= 4 is 16.2 Å². The van der Waals surface area contributed by atoms with Gasteiger partial charge in [0.1, 0.15) is 0 Å². The van der Waals surface area contributed by atoms with Gasteiger partial charge in [-0.25, -0.2) is 4.72 Å². The molecule has 0 unspecified atom stereocenters. The molecule has 0 saturated heterocycles. The molecule has 1 aliphatic rings. The quantitative estimate of drug-likeness (QED) is 0.510. The van der Waals surface area contributed by atoms with Gasteiger partial charge in [-0.3, -0.25) is 4.79 Å². The lowest BCUT2D eigenvalue weighted by Gasteiger charge is -2.06. The molecule has 15 heavy (non-hydrogen) atoms. The molecule has 1 aliphatic carbocycles. The maximum Gasteiger partial charge on any atom is 0.303 e. The first-order chi connectivity index (χ1) is 6.99. The molecular weight excluding hydrogens is 220 g/mol. The first-order valence-electron chi connectivity index (χ1n) is 4.98. The molecule has 88 valence electrons. The Morgan fingerprint density at radius 1 is 1.33 bits per heavy atom. The van der Waals surface area contributed by atoms with Gasteiger partial charge in [-0.05, 0) is 25.7 Å². The number of aliphatic carboxylic acids is 1.